The van der Waals surface area contributed by atoms with Gasteiger partial charge >= 0.3 is 0 Å². The van der Waals surface area contributed by atoms with E-state index in [1.807, 2.05) is 18.3 Å². The molecule has 2 atom stereocenters. The minimum atomic E-state index is -0.256. The standard InChI is InChI=1S/C16H19FN2O/c1-12(11-20-16-7-5-15(17)6-8-16)19-13(2)14-4-3-9-18-10-14/h3-10,12-13,19H,11H2,1-2H3/t12-,13+/m0/s1. The monoisotopic (exact) mass is 274 g/mol. The van der Waals surface area contributed by atoms with Gasteiger partial charge in [0, 0.05) is 24.5 Å². The number of nitrogens with zero attached hydrogens (tertiary/aromatic N) is 1. The summed E-state index contributed by atoms with van der Waals surface area (Å²) in [6.07, 6.45) is 3.61. The van der Waals surface area contributed by atoms with Crippen molar-refractivity contribution in [1.82, 2.24) is 10.3 Å². The molecule has 0 saturated carbocycles. The van der Waals surface area contributed by atoms with Gasteiger partial charge in [-0.3, -0.25) is 4.98 Å². The minimum Gasteiger partial charge on any atom is -0.492 e. The third-order valence-electron chi connectivity index (χ3n) is 3.03. The molecule has 1 aromatic carbocycles. The smallest absolute Gasteiger partial charge is 0.123 e. The summed E-state index contributed by atoms with van der Waals surface area (Å²) >= 11 is 0. The topological polar surface area (TPSA) is 34.1 Å². The van der Waals surface area contributed by atoms with Crippen LogP contribution in [0.3, 0.4) is 0 Å². The van der Waals surface area contributed by atoms with Crippen LogP contribution < -0.4 is 10.1 Å². The van der Waals surface area contributed by atoms with Gasteiger partial charge in [-0.1, -0.05) is 6.07 Å². The average Bonchev–Trinajstić information content (AvgIpc) is 2.47. The first kappa shape index (κ1) is 14.5. The van der Waals surface area contributed by atoms with Gasteiger partial charge in [0.05, 0.1) is 0 Å². The summed E-state index contributed by atoms with van der Waals surface area (Å²) < 4.78 is 18.4. The van der Waals surface area contributed by atoms with Gasteiger partial charge in [-0.2, -0.15) is 0 Å². The van der Waals surface area contributed by atoms with E-state index in [1.165, 1.54) is 12.1 Å². The highest BCUT2D eigenvalue weighted by molar-refractivity contribution is 5.22. The Kier molecular flexibility index (Phi) is 5.07. The molecule has 20 heavy (non-hydrogen) atoms. The third kappa shape index (κ3) is 4.31. The van der Waals surface area contributed by atoms with E-state index in [-0.39, 0.29) is 17.9 Å². The van der Waals surface area contributed by atoms with E-state index in [1.54, 1.807) is 18.3 Å². The number of benzene rings is 1. The number of halogens is 1. The first-order valence-corrected chi connectivity index (χ1v) is 6.69. The second-order valence-corrected chi connectivity index (χ2v) is 4.84. The number of hydrogen-bond donors (Lipinski definition) is 1. The van der Waals surface area contributed by atoms with E-state index >= 15 is 0 Å². The zero-order valence-electron chi connectivity index (χ0n) is 11.7. The Labute approximate surface area is 118 Å². The summed E-state index contributed by atoms with van der Waals surface area (Å²) in [5.41, 5.74) is 1.14. The fourth-order valence-corrected chi connectivity index (χ4v) is 1.96. The van der Waals surface area contributed by atoms with Gasteiger partial charge < -0.3 is 10.1 Å². The van der Waals surface area contributed by atoms with Crippen LogP contribution in [-0.4, -0.2) is 17.6 Å². The molecule has 0 aliphatic rings. The molecule has 1 heterocycles. The first-order chi connectivity index (χ1) is 9.65. The lowest BCUT2D eigenvalue weighted by atomic mass is 10.1. The molecule has 2 rings (SSSR count). The van der Waals surface area contributed by atoms with Crippen LogP contribution in [0, 0.1) is 5.82 Å². The van der Waals surface area contributed by atoms with E-state index in [4.69, 9.17) is 4.74 Å². The molecule has 0 saturated heterocycles. The third-order valence-corrected chi connectivity index (χ3v) is 3.03. The molecule has 0 radical (unpaired) electrons. The summed E-state index contributed by atoms with van der Waals surface area (Å²) in [6.45, 7) is 4.66. The molecular weight excluding hydrogens is 255 g/mol. The van der Waals surface area contributed by atoms with Crippen molar-refractivity contribution in [3.63, 3.8) is 0 Å². The maximum absolute atomic E-state index is 12.8. The highest BCUT2D eigenvalue weighted by Crippen LogP contribution is 2.13. The second kappa shape index (κ2) is 7.01. The molecular formula is C16H19FN2O. The van der Waals surface area contributed by atoms with Crippen LogP contribution in [0.4, 0.5) is 4.39 Å². The molecule has 0 aliphatic carbocycles. The van der Waals surface area contributed by atoms with E-state index in [0.29, 0.717) is 12.4 Å². The molecule has 0 fully saturated rings. The van der Waals surface area contributed by atoms with Crippen LogP contribution in [-0.2, 0) is 0 Å². The number of ether oxygens (including phenoxy) is 1. The Balaban J connectivity index is 1.80. The van der Waals surface area contributed by atoms with Crippen molar-refractivity contribution in [1.29, 1.82) is 0 Å². The van der Waals surface area contributed by atoms with Crippen LogP contribution in [0.25, 0.3) is 0 Å². The van der Waals surface area contributed by atoms with Crippen LogP contribution >= 0.6 is 0 Å². The average molecular weight is 274 g/mol. The number of hydrogen-bond acceptors (Lipinski definition) is 3. The molecule has 0 bridgehead atoms. The summed E-state index contributed by atoms with van der Waals surface area (Å²) in [6, 6.07) is 10.4. The highest BCUT2D eigenvalue weighted by Gasteiger charge is 2.10. The van der Waals surface area contributed by atoms with Crippen molar-refractivity contribution in [2.75, 3.05) is 6.61 Å². The normalized spacial score (nSPS) is 13.8. The van der Waals surface area contributed by atoms with Gasteiger partial charge in [0.2, 0.25) is 0 Å². The van der Waals surface area contributed by atoms with Gasteiger partial charge in [-0.15, -0.1) is 0 Å². The molecule has 1 N–H and O–H groups in total. The van der Waals surface area contributed by atoms with Gasteiger partial charge in [-0.25, -0.2) is 4.39 Å². The second-order valence-electron chi connectivity index (χ2n) is 4.84. The fraction of sp³-hybridized carbons (Fsp3) is 0.312. The number of rotatable bonds is 6. The van der Waals surface area contributed by atoms with Crippen molar-refractivity contribution in [2.24, 2.45) is 0 Å². The first-order valence-electron chi connectivity index (χ1n) is 6.69. The van der Waals surface area contributed by atoms with E-state index in [9.17, 15) is 4.39 Å². The molecule has 0 amide bonds. The number of aromatic nitrogens is 1. The molecule has 0 spiro atoms. The van der Waals surface area contributed by atoms with Crippen LogP contribution in [0.2, 0.25) is 0 Å². The fourth-order valence-electron chi connectivity index (χ4n) is 1.96. The summed E-state index contributed by atoms with van der Waals surface area (Å²) in [5.74, 6) is 0.419. The maximum Gasteiger partial charge on any atom is 0.123 e. The van der Waals surface area contributed by atoms with E-state index < -0.39 is 0 Å². The quantitative estimate of drug-likeness (QED) is 0.877. The Hall–Kier alpha value is -1.94. The Morgan fingerprint density at radius 1 is 1.20 bits per heavy atom. The zero-order chi connectivity index (χ0) is 14.4. The van der Waals surface area contributed by atoms with Gasteiger partial charge in [-0.05, 0) is 49.7 Å². The molecule has 3 nitrogen and oxygen atoms in total. The lowest BCUT2D eigenvalue weighted by Crippen LogP contribution is -2.33. The Bertz CT molecular complexity index is 516. The van der Waals surface area contributed by atoms with E-state index in [0.717, 1.165) is 5.56 Å². The SMILES string of the molecule is C[C@@H](COc1ccc(F)cc1)N[C@H](C)c1cccnc1. The van der Waals surface area contributed by atoms with Crippen molar-refractivity contribution in [3.05, 3.63) is 60.2 Å². The zero-order valence-corrected chi connectivity index (χ0v) is 11.7. The highest BCUT2D eigenvalue weighted by atomic mass is 19.1. The Morgan fingerprint density at radius 3 is 2.60 bits per heavy atom. The predicted molar refractivity (Wildman–Crippen MR) is 77.1 cm³/mol. The largest absolute Gasteiger partial charge is 0.492 e. The molecule has 1 aromatic heterocycles. The van der Waals surface area contributed by atoms with E-state index in [2.05, 4.69) is 24.1 Å². The lowest BCUT2D eigenvalue weighted by molar-refractivity contribution is 0.263. The number of pyridine rings is 1. The summed E-state index contributed by atoms with van der Waals surface area (Å²) in [5, 5.41) is 3.44. The van der Waals surface area contributed by atoms with Crippen molar-refractivity contribution in [2.45, 2.75) is 25.9 Å². The van der Waals surface area contributed by atoms with Crippen LogP contribution in [0.1, 0.15) is 25.5 Å². The molecule has 0 aliphatic heterocycles. The molecule has 4 heteroatoms. The van der Waals surface area contributed by atoms with Crippen LogP contribution in [0.5, 0.6) is 5.75 Å². The molecule has 2 aromatic rings. The maximum atomic E-state index is 12.8. The summed E-state index contributed by atoms with van der Waals surface area (Å²) in [4.78, 5) is 4.11. The molecule has 106 valence electrons. The van der Waals surface area contributed by atoms with Crippen molar-refractivity contribution in [3.8, 4) is 5.75 Å². The Morgan fingerprint density at radius 2 is 1.95 bits per heavy atom. The van der Waals surface area contributed by atoms with Crippen molar-refractivity contribution < 1.29 is 9.13 Å². The van der Waals surface area contributed by atoms with Gasteiger partial charge in [0.15, 0.2) is 0 Å². The lowest BCUT2D eigenvalue weighted by Gasteiger charge is -2.20. The van der Waals surface area contributed by atoms with Crippen molar-refractivity contribution >= 4 is 0 Å². The van der Waals surface area contributed by atoms with Gasteiger partial charge in [0.1, 0.15) is 18.2 Å². The predicted octanol–water partition coefficient (Wildman–Crippen LogP) is 3.34. The van der Waals surface area contributed by atoms with Crippen LogP contribution in [0.15, 0.2) is 48.8 Å². The summed E-state index contributed by atoms with van der Waals surface area (Å²) in [7, 11) is 0. The number of nitrogens with one attached hydrogen (secondary N) is 1. The molecule has 0 unspecified atom stereocenters. The minimum absolute atomic E-state index is 0.176. The van der Waals surface area contributed by atoms with Gasteiger partial charge in [0.25, 0.3) is 0 Å².